The summed E-state index contributed by atoms with van der Waals surface area (Å²) in [5, 5.41) is 3.30. The Labute approximate surface area is 190 Å². The Bertz CT molecular complexity index is 1320. The SMILES string of the molecule is CCOc1ccccc1NC(=O)N(Cc1ccc(F)cc1)Cc1coc2ccccc2c1=O. The molecule has 0 atom stereocenters. The van der Waals surface area contributed by atoms with Crippen molar-refractivity contribution >= 4 is 22.7 Å². The van der Waals surface area contributed by atoms with E-state index in [4.69, 9.17) is 9.15 Å². The maximum atomic E-state index is 13.4. The van der Waals surface area contributed by atoms with E-state index in [1.165, 1.54) is 23.3 Å². The highest BCUT2D eigenvalue weighted by atomic mass is 19.1. The molecule has 4 rings (SSSR count). The topological polar surface area (TPSA) is 71.8 Å². The zero-order valence-electron chi connectivity index (χ0n) is 18.1. The van der Waals surface area contributed by atoms with Crippen LogP contribution in [-0.2, 0) is 13.1 Å². The van der Waals surface area contributed by atoms with E-state index >= 15 is 0 Å². The minimum atomic E-state index is -0.431. The van der Waals surface area contributed by atoms with Crippen molar-refractivity contribution < 1.29 is 18.3 Å². The molecule has 0 radical (unpaired) electrons. The van der Waals surface area contributed by atoms with Crippen molar-refractivity contribution in [1.29, 1.82) is 0 Å². The van der Waals surface area contributed by atoms with Gasteiger partial charge in [-0.3, -0.25) is 4.79 Å². The molecule has 168 valence electrons. The van der Waals surface area contributed by atoms with Gasteiger partial charge in [0.2, 0.25) is 0 Å². The second-order valence-corrected chi connectivity index (χ2v) is 7.43. The van der Waals surface area contributed by atoms with Crippen molar-refractivity contribution in [3.63, 3.8) is 0 Å². The Morgan fingerprint density at radius 1 is 1.00 bits per heavy atom. The van der Waals surface area contributed by atoms with Crippen molar-refractivity contribution in [1.82, 2.24) is 4.90 Å². The van der Waals surface area contributed by atoms with E-state index in [2.05, 4.69) is 5.32 Å². The van der Waals surface area contributed by atoms with Gasteiger partial charge in [0.25, 0.3) is 0 Å². The van der Waals surface area contributed by atoms with Gasteiger partial charge in [-0.25, -0.2) is 9.18 Å². The van der Waals surface area contributed by atoms with Gasteiger partial charge in [-0.15, -0.1) is 0 Å². The second kappa shape index (κ2) is 9.99. The fourth-order valence-corrected chi connectivity index (χ4v) is 3.49. The van der Waals surface area contributed by atoms with Gasteiger partial charge in [0.1, 0.15) is 17.1 Å². The molecule has 3 aromatic carbocycles. The number of halogens is 1. The molecular formula is C26H23FN2O4. The van der Waals surface area contributed by atoms with Crippen molar-refractivity contribution in [3.05, 3.63) is 106 Å². The average Bonchev–Trinajstić information content (AvgIpc) is 2.83. The summed E-state index contributed by atoms with van der Waals surface area (Å²) >= 11 is 0. The Balaban J connectivity index is 1.65. The lowest BCUT2D eigenvalue weighted by molar-refractivity contribution is 0.205. The Hall–Kier alpha value is -4.13. The van der Waals surface area contributed by atoms with Crippen LogP contribution in [0.5, 0.6) is 5.75 Å². The lowest BCUT2D eigenvalue weighted by atomic mass is 10.1. The van der Waals surface area contributed by atoms with E-state index in [0.717, 1.165) is 5.56 Å². The third-order valence-electron chi connectivity index (χ3n) is 5.12. The molecular weight excluding hydrogens is 423 g/mol. The van der Waals surface area contributed by atoms with Crippen molar-refractivity contribution in [2.24, 2.45) is 0 Å². The van der Waals surface area contributed by atoms with Crippen molar-refractivity contribution in [2.75, 3.05) is 11.9 Å². The monoisotopic (exact) mass is 446 g/mol. The minimum absolute atomic E-state index is 0.00712. The molecule has 0 bridgehead atoms. The number of carbonyl (C=O) groups excluding carboxylic acids is 1. The summed E-state index contributed by atoms with van der Waals surface area (Å²) in [5.74, 6) is 0.177. The molecule has 0 aliphatic carbocycles. The van der Waals surface area contributed by atoms with Crippen LogP contribution in [0.4, 0.5) is 14.9 Å². The maximum Gasteiger partial charge on any atom is 0.322 e. The highest BCUT2D eigenvalue weighted by molar-refractivity contribution is 5.91. The number of anilines is 1. The van der Waals surface area contributed by atoms with Crippen LogP contribution in [-0.4, -0.2) is 17.5 Å². The number of para-hydroxylation sites is 3. The van der Waals surface area contributed by atoms with Gasteiger partial charge in [0.05, 0.1) is 36.1 Å². The standard InChI is InChI=1S/C26H23FN2O4/c1-2-32-24-10-6-4-8-22(24)28-26(31)29(15-18-11-13-20(27)14-12-18)16-19-17-33-23-9-5-3-7-21(23)25(19)30/h3-14,17H,2,15-16H2,1H3,(H,28,31). The fraction of sp³-hybridized carbons (Fsp3) is 0.154. The number of carbonyl (C=O) groups is 1. The number of nitrogens with zero attached hydrogens (tertiary/aromatic N) is 1. The van der Waals surface area contributed by atoms with Crippen LogP contribution in [0.1, 0.15) is 18.1 Å². The number of nitrogens with one attached hydrogen (secondary N) is 1. The van der Waals surface area contributed by atoms with E-state index in [1.54, 1.807) is 54.6 Å². The molecule has 2 amide bonds. The van der Waals surface area contributed by atoms with Gasteiger partial charge in [-0.2, -0.15) is 0 Å². The third kappa shape index (κ3) is 5.20. The predicted molar refractivity (Wildman–Crippen MR) is 125 cm³/mol. The number of rotatable bonds is 7. The Kier molecular flexibility index (Phi) is 6.69. The van der Waals surface area contributed by atoms with Gasteiger partial charge < -0.3 is 19.4 Å². The first-order valence-electron chi connectivity index (χ1n) is 10.6. The first-order chi connectivity index (χ1) is 16.0. The quantitative estimate of drug-likeness (QED) is 0.403. The average molecular weight is 446 g/mol. The molecule has 4 aromatic rings. The van der Waals surface area contributed by atoms with E-state index in [1.807, 2.05) is 13.0 Å². The number of hydrogen-bond donors (Lipinski definition) is 1. The summed E-state index contributed by atoms with van der Waals surface area (Å²) in [4.78, 5) is 27.7. The lowest BCUT2D eigenvalue weighted by Gasteiger charge is -2.24. The van der Waals surface area contributed by atoms with E-state index in [-0.39, 0.29) is 24.3 Å². The van der Waals surface area contributed by atoms with Crippen LogP contribution in [0.2, 0.25) is 0 Å². The van der Waals surface area contributed by atoms with Crippen molar-refractivity contribution in [3.8, 4) is 5.75 Å². The molecule has 0 spiro atoms. The summed E-state index contributed by atoms with van der Waals surface area (Å²) in [5.41, 5.74) is 1.84. The number of benzene rings is 3. The number of ether oxygens (including phenoxy) is 1. The molecule has 7 heteroatoms. The van der Waals surface area contributed by atoms with Crippen LogP contribution in [0.3, 0.4) is 0 Å². The normalized spacial score (nSPS) is 10.7. The lowest BCUT2D eigenvalue weighted by Crippen LogP contribution is -2.35. The fourth-order valence-electron chi connectivity index (χ4n) is 3.49. The first-order valence-corrected chi connectivity index (χ1v) is 10.6. The summed E-state index contributed by atoms with van der Waals surface area (Å²) < 4.78 is 24.6. The van der Waals surface area contributed by atoms with Gasteiger partial charge in [-0.05, 0) is 48.9 Å². The van der Waals surface area contributed by atoms with Crippen LogP contribution < -0.4 is 15.5 Å². The van der Waals surface area contributed by atoms with E-state index in [9.17, 15) is 14.0 Å². The molecule has 0 aliphatic heterocycles. The van der Waals surface area contributed by atoms with Crippen LogP contribution in [0.15, 0.2) is 88.3 Å². The largest absolute Gasteiger partial charge is 0.492 e. The van der Waals surface area contributed by atoms with Crippen molar-refractivity contribution in [2.45, 2.75) is 20.0 Å². The van der Waals surface area contributed by atoms with Gasteiger partial charge in [0, 0.05) is 6.54 Å². The Morgan fingerprint density at radius 3 is 2.52 bits per heavy atom. The summed E-state index contributed by atoms with van der Waals surface area (Å²) in [6, 6.07) is 19.5. The number of fused-ring (bicyclic) bond motifs is 1. The minimum Gasteiger partial charge on any atom is -0.492 e. The smallest absolute Gasteiger partial charge is 0.322 e. The third-order valence-corrected chi connectivity index (χ3v) is 5.12. The van der Waals surface area contributed by atoms with E-state index < -0.39 is 6.03 Å². The van der Waals surface area contributed by atoms with E-state index in [0.29, 0.717) is 34.6 Å². The molecule has 1 heterocycles. The van der Waals surface area contributed by atoms with Gasteiger partial charge >= 0.3 is 6.03 Å². The van der Waals surface area contributed by atoms with Gasteiger partial charge in [-0.1, -0.05) is 36.4 Å². The summed E-state index contributed by atoms with van der Waals surface area (Å²) in [6.45, 7) is 2.48. The summed E-state index contributed by atoms with van der Waals surface area (Å²) in [7, 11) is 0. The molecule has 0 fully saturated rings. The highest BCUT2D eigenvalue weighted by Crippen LogP contribution is 2.24. The second-order valence-electron chi connectivity index (χ2n) is 7.43. The van der Waals surface area contributed by atoms with Crippen LogP contribution >= 0.6 is 0 Å². The molecule has 1 aromatic heterocycles. The zero-order chi connectivity index (χ0) is 23.2. The zero-order valence-corrected chi connectivity index (χ0v) is 18.1. The predicted octanol–water partition coefficient (Wildman–Crippen LogP) is 5.57. The molecule has 1 N–H and O–H groups in total. The molecule has 0 saturated heterocycles. The number of urea groups is 1. The highest BCUT2D eigenvalue weighted by Gasteiger charge is 2.19. The number of hydrogen-bond acceptors (Lipinski definition) is 4. The number of amides is 2. The van der Waals surface area contributed by atoms with Crippen LogP contribution in [0, 0.1) is 5.82 Å². The molecule has 0 unspecified atom stereocenters. The molecule has 0 saturated carbocycles. The van der Waals surface area contributed by atoms with Gasteiger partial charge in [0.15, 0.2) is 5.43 Å². The summed E-state index contributed by atoms with van der Waals surface area (Å²) in [6.07, 6.45) is 1.38. The van der Waals surface area contributed by atoms with Crippen LogP contribution in [0.25, 0.3) is 11.0 Å². The molecule has 33 heavy (non-hydrogen) atoms. The molecule has 6 nitrogen and oxygen atoms in total. The molecule has 0 aliphatic rings. The first kappa shape index (κ1) is 22.1. The Morgan fingerprint density at radius 2 is 1.73 bits per heavy atom. The maximum absolute atomic E-state index is 13.4.